The molecular weight excluding hydrogens is 322 g/mol. The van der Waals surface area contributed by atoms with Gasteiger partial charge in [-0.3, -0.25) is 4.21 Å². The van der Waals surface area contributed by atoms with Crippen LogP contribution in [0, 0.1) is 0 Å². The molecule has 100 valence electrons. The van der Waals surface area contributed by atoms with Gasteiger partial charge in [-0.15, -0.1) is 0 Å². The lowest BCUT2D eigenvalue weighted by atomic mass is 10.1. The number of halogens is 1. The molecule has 0 radical (unpaired) electrons. The smallest absolute Gasteiger partial charge is 0.0655 e. The van der Waals surface area contributed by atoms with E-state index in [1.54, 1.807) is 0 Å². The van der Waals surface area contributed by atoms with Crippen LogP contribution in [0.3, 0.4) is 0 Å². The number of hydrogen-bond acceptors (Lipinski definition) is 2. The fraction of sp³-hybridized carbons (Fsp3) is 0.200. The van der Waals surface area contributed by atoms with E-state index >= 15 is 0 Å². The Morgan fingerprint density at radius 3 is 2.47 bits per heavy atom. The predicted molar refractivity (Wildman–Crippen MR) is 83.4 cm³/mol. The highest BCUT2D eigenvalue weighted by atomic mass is 79.9. The molecule has 2 N–H and O–H groups in total. The first-order valence-corrected chi connectivity index (χ1v) is 8.14. The largest absolute Gasteiger partial charge is 0.330 e. The molecule has 19 heavy (non-hydrogen) atoms. The van der Waals surface area contributed by atoms with Crippen LogP contribution < -0.4 is 5.73 Å². The lowest BCUT2D eigenvalue weighted by Gasteiger charge is -2.16. The van der Waals surface area contributed by atoms with Gasteiger partial charge in [-0.1, -0.05) is 52.3 Å². The van der Waals surface area contributed by atoms with E-state index < -0.39 is 10.8 Å². The number of rotatable bonds is 5. The van der Waals surface area contributed by atoms with E-state index in [1.165, 1.54) is 0 Å². The Morgan fingerprint density at radius 2 is 1.84 bits per heavy atom. The Hall–Kier alpha value is -0.970. The van der Waals surface area contributed by atoms with Crippen LogP contribution in [0.25, 0.3) is 0 Å². The Morgan fingerprint density at radius 1 is 1.11 bits per heavy atom. The first-order valence-electron chi connectivity index (χ1n) is 6.13. The van der Waals surface area contributed by atoms with Crippen molar-refractivity contribution in [2.45, 2.75) is 16.6 Å². The van der Waals surface area contributed by atoms with E-state index in [0.717, 1.165) is 14.9 Å². The molecule has 0 amide bonds. The topological polar surface area (TPSA) is 43.1 Å². The van der Waals surface area contributed by atoms with Crippen molar-refractivity contribution in [2.24, 2.45) is 5.73 Å². The molecule has 0 aliphatic rings. The van der Waals surface area contributed by atoms with Crippen LogP contribution in [0.2, 0.25) is 0 Å². The molecule has 2 aromatic rings. The minimum absolute atomic E-state index is 0.0551. The van der Waals surface area contributed by atoms with Gasteiger partial charge in [-0.05, 0) is 36.7 Å². The molecule has 0 saturated carbocycles. The maximum Gasteiger partial charge on any atom is 0.0655 e. The van der Waals surface area contributed by atoms with Gasteiger partial charge >= 0.3 is 0 Å². The Balaban J connectivity index is 2.32. The molecule has 2 atom stereocenters. The second-order valence-corrected chi connectivity index (χ2v) is 6.78. The molecule has 2 aromatic carbocycles. The van der Waals surface area contributed by atoms with E-state index in [2.05, 4.69) is 15.9 Å². The van der Waals surface area contributed by atoms with Crippen molar-refractivity contribution in [3.8, 4) is 0 Å². The zero-order chi connectivity index (χ0) is 13.7. The van der Waals surface area contributed by atoms with E-state index in [0.29, 0.717) is 13.0 Å². The summed E-state index contributed by atoms with van der Waals surface area (Å²) in [6.45, 7) is 0.527. The van der Waals surface area contributed by atoms with Gasteiger partial charge in [0.25, 0.3) is 0 Å². The lowest BCUT2D eigenvalue weighted by molar-refractivity contribution is 0.664. The van der Waals surface area contributed by atoms with Gasteiger partial charge < -0.3 is 5.73 Å². The van der Waals surface area contributed by atoms with Crippen molar-refractivity contribution in [3.05, 3.63) is 64.6 Å². The minimum atomic E-state index is -1.09. The molecule has 0 bridgehead atoms. The molecule has 0 aromatic heterocycles. The van der Waals surface area contributed by atoms with E-state index in [1.807, 2.05) is 54.6 Å². The van der Waals surface area contributed by atoms with Gasteiger partial charge in [0.05, 0.1) is 16.0 Å². The summed E-state index contributed by atoms with van der Waals surface area (Å²) >= 11 is 3.42. The highest BCUT2D eigenvalue weighted by Crippen LogP contribution is 2.29. The summed E-state index contributed by atoms with van der Waals surface area (Å²) in [4.78, 5) is 0.830. The second-order valence-electron chi connectivity index (χ2n) is 4.23. The SMILES string of the molecule is NCCC(c1ccccc1)S(=O)c1cccc(Br)c1. The molecule has 0 heterocycles. The Bertz CT molecular complexity index is 559. The molecule has 0 aliphatic heterocycles. The Labute approximate surface area is 124 Å². The summed E-state index contributed by atoms with van der Waals surface area (Å²) in [5.41, 5.74) is 6.74. The van der Waals surface area contributed by atoms with Gasteiger partial charge in [-0.25, -0.2) is 0 Å². The van der Waals surface area contributed by atoms with Crippen LogP contribution >= 0.6 is 15.9 Å². The van der Waals surface area contributed by atoms with Crippen LogP contribution in [0.4, 0.5) is 0 Å². The highest BCUT2D eigenvalue weighted by molar-refractivity contribution is 9.10. The number of hydrogen-bond donors (Lipinski definition) is 1. The molecule has 0 spiro atoms. The van der Waals surface area contributed by atoms with Gasteiger partial charge in [0.2, 0.25) is 0 Å². The van der Waals surface area contributed by atoms with Gasteiger partial charge in [0.1, 0.15) is 0 Å². The van der Waals surface area contributed by atoms with Crippen LogP contribution in [0.1, 0.15) is 17.2 Å². The standard InChI is InChI=1S/C15H16BrNOS/c16-13-7-4-8-14(11-13)19(18)15(9-10-17)12-5-2-1-3-6-12/h1-8,11,15H,9-10,17H2. The molecule has 0 saturated heterocycles. The molecule has 0 aliphatic carbocycles. The molecule has 4 heteroatoms. The maximum atomic E-state index is 12.7. The molecule has 0 fully saturated rings. The average molecular weight is 338 g/mol. The van der Waals surface area contributed by atoms with Crippen molar-refractivity contribution >= 4 is 26.7 Å². The molecule has 2 rings (SSSR count). The van der Waals surface area contributed by atoms with Crippen molar-refractivity contribution in [2.75, 3.05) is 6.54 Å². The summed E-state index contributed by atoms with van der Waals surface area (Å²) in [6.07, 6.45) is 0.711. The van der Waals surface area contributed by atoms with Crippen molar-refractivity contribution < 1.29 is 4.21 Å². The summed E-state index contributed by atoms with van der Waals surface area (Å²) in [7, 11) is -1.09. The van der Waals surface area contributed by atoms with Gasteiger partial charge in [0.15, 0.2) is 0 Å². The van der Waals surface area contributed by atoms with Gasteiger partial charge in [-0.2, -0.15) is 0 Å². The van der Waals surface area contributed by atoms with E-state index in [9.17, 15) is 4.21 Å². The fourth-order valence-corrected chi connectivity index (χ4v) is 4.06. The van der Waals surface area contributed by atoms with Crippen LogP contribution in [0.15, 0.2) is 64.0 Å². The molecule has 2 nitrogen and oxygen atoms in total. The zero-order valence-electron chi connectivity index (χ0n) is 10.5. The first-order chi connectivity index (χ1) is 9.22. The third kappa shape index (κ3) is 3.75. The third-order valence-corrected chi connectivity index (χ3v) is 5.12. The lowest BCUT2D eigenvalue weighted by Crippen LogP contribution is -2.12. The van der Waals surface area contributed by atoms with Crippen molar-refractivity contribution in [1.82, 2.24) is 0 Å². The molecule has 2 unspecified atom stereocenters. The average Bonchev–Trinajstić information content (AvgIpc) is 2.45. The van der Waals surface area contributed by atoms with Crippen molar-refractivity contribution in [1.29, 1.82) is 0 Å². The van der Waals surface area contributed by atoms with Crippen LogP contribution in [-0.2, 0) is 10.8 Å². The molecular formula is C15H16BrNOS. The van der Waals surface area contributed by atoms with E-state index in [-0.39, 0.29) is 5.25 Å². The van der Waals surface area contributed by atoms with Gasteiger partial charge in [0, 0.05) is 9.37 Å². The first kappa shape index (κ1) is 14.4. The minimum Gasteiger partial charge on any atom is -0.330 e. The predicted octanol–water partition coefficient (Wildman–Crippen LogP) is 3.65. The van der Waals surface area contributed by atoms with Crippen LogP contribution in [0.5, 0.6) is 0 Å². The number of benzene rings is 2. The highest BCUT2D eigenvalue weighted by Gasteiger charge is 2.19. The summed E-state index contributed by atoms with van der Waals surface area (Å²) < 4.78 is 13.7. The third-order valence-electron chi connectivity index (χ3n) is 2.89. The van der Waals surface area contributed by atoms with Crippen molar-refractivity contribution in [3.63, 3.8) is 0 Å². The normalized spacial score (nSPS) is 14.0. The summed E-state index contributed by atoms with van der Waals surface area (Å²) in [6, 6.07) is 17.6. The fourth-order valence-electron chi connectivity index (χ4n) is 1.97. The summed E-state index contributed by atoms with van der Waals surface area (Å²) in [5, 5.41) is -0.0551. The zero-order valence-corrected chi connectivity index (χ0v) is 12.9. The maximum absolute atomic E-state index is 12.7. The second kappa shape index (κ2) is 6.98. The monoisotopic (exact) mass is 337 g/mol. The summed E-state index contributed by atoms with van der Waals surface area (Å²) in [5.74, 6) is 0. The Kier molecular flexibility index (Phi) is 5.31. The van der Waals surface area contributed by atoms with Crippen LogP contribution in [-0.4, -0.2) is 10.8 Å². The van der Waals surface area contributed by atoms with E-state index in [4.69, 9.17) is 5.73 Å². The quantitative estimate of drug-likeness (QED) is 0.904. The number of nitrogens with two attached hydrogens (primary N) is 1.